The Hall–Kier alpha value is -1.41. The first-order chi connectivity index (χ1) is 8.11. The molecule has 7 nitrogen and oxygen atoms in total. The van der Waals surface area contributed by atoms with E-state index in [1.807, 2.05) is 0 Å². The van der Waals surface area contributed by atoms with E-state index in [-0.39, 0.29) is 54.3 Å². The molecule has 0 amide bonds. The molecule has 2 rings (SSSR count). The maximum Gasteiger partial charge on any atom is 2.00 e. The first-order valence-electron chi connectivity index (χ1n) is 4.52. The fourth-order valence-electron chi connectivity index (χ4n) is 0.970. The second-order valence-corrected chi connectivity index (χ2v) is 2.88. The normalized spacial score (nSPS) is 8.00. The van der Waals surface area contributed by atoms with Gasteiger partial charge >= 0.3 is 44.1 Å². The Balaban J connectivity index is 0. The third-order valence-electron chi connectivity index (χ3n) is 1.71. The predicted octanol–water partition coefficient (Wildman–Crippen LogP) is -2.05. The van der Waals surface area contributed by atoms with Gasteiger partial charge in [-0.3, -0.25) is 0 Å². The van der Waals surface area contributed by atoms with Crippen molar-refractivity contribution in [3.63, 3.8) is 0 Å². The van der Waals surface area contributed by atoms with Crippen LogP contribution in [-0.4, -0.2) is 55.2 Å². The zero-order valence-electron chi connectivity index (χ0n) is 9.74. The zero-order chi connectivity index (χ0) is 12.7. The Morgan fingerprint density at radius 2 is 1.63 bits per heavy atom. The maximum absolute atomic E-state index is 10.3. The Kier molecular flexibility index (Phi) is 11.0. The zero-order valence-corrected chi connectivity index (χ0v) is 11.9. The van der Waals surface area contributed by atoms with Gasteiger partial charge in [0.25, 0.3) is 0 Å². The molecule has 0 aliphatic heterocycles. The van der Waals surface area contributed by atoms with E-state index >= 15 is 0 Å². The Morgan fingerprint density at radius 1 is 1.11 bits per heavy atom. The van der Waals surface area contributed by atoms with Crippen LogP contribution in [0.1, 0.15) is 20.7 Å². The summed E-state index contributed by atoms with van der Waals surface area (Å²) in [6.07, 6.45) is 4.78. The van der Waals surface area contributed by atoms with Gasteiger partial charge in [-0.2, -0.15) is 4.98 Å². The number of hydrogen-bond donors (Lipinski definition) is 0. The molecular formula is C11H9CaNO6. The van der Waals surface area contributed by atoms with E-state index in [1.54, 1.807) is 12.5 Å². The van der Waals surface area contributed by atoms with E-state index in [9.17, 15) is 19.8 Å². The summed E-state index contributed by atoms with van der Waals surface area (Å²) in [5.41, 5.74) is -0.339. The number of carboxylic acids is 2. The summed E-state index contributed by atoms with van der Waals surface area (Å²) in [4.78, 5) is 23.2. The van der Waals surface area contributed by atoms with Crippen LogP contribution in [0.3, 0.4) is 0 Å². The second-order valence-electron chi connectivity index (χ2n) is 2.88. The number of aromatic nitrogens is 1. The van der Waals surface area contributed by atoms with Gasteiger partial charge in [0.05, 0.1) is 11.9 Å². The molecule has 0 fully saturated rings. The molecule has 0 atom stereocenters. The third kappa shape index (κ3) is 7.58. The third-order valence-corrected chi connectivity index (χ3v) is 1.71. The van der Waals surface area contributed by atoms with Crippen molar-refractivity contribution in [1.82, 2.24) is 0 Å². The number of carboxylic acid groups (broad SMARTS) is 2. The molecule has 2 aromatic rings. The molecule has 0 aliphatic carbocycles. The standard InChI is InChI=1S/C8H6O4.C3H3NO.Ca.H2O/c9-7(10)5-2-1-3-6(4-5)8(11)12;1-2-5-3-4-1;;/h1-4H,(H,9,10)(H,11,12);1-3H;;1H2/q;;+2;/p-2. The van der Waals surface area contributed by atoms with Crippen LogP contribution in [0.4, 0.5) is 0 Å². The summed E-state index contributed by atoms with van der Waals surface area (Å²) >= 11 is 0. The van der Waals surface area contributed by atoms with Gasteiger partial charge in [-0.05, 0) is 17.2 Å². The maximum atomic E-state index is 10.3. The van der Waals surface area contributed by atoms with Gasteiger partial charge in [0.2, 0.25) is 6.20 Å². The van der Waals surface area contributed by atoms with E-state index in [2.05, 4.69) is 9.40 Å². The van der Waals surface area contributed by atoms with E-state index in [0.29, 0.717) is 0 Å². The van der Waals surface area contributed by atoms with Gasteiger partial charge in [-0.25, -0.2) is 0 Å². The molecule has 1 aromatic carbocycles. The van der Waals surface area contributed by atoms with E-state index in [1.165, 1.54) is 24.6 Å². The van der Waals surface area contributed by atoms with Crippen LogP contribution in [0.15, 0.2) is 47.5 Å². The molecule has 0 bridgehead atoms. The number of H-pyrrole nitrogens is 1. The number of benzene rings is 1. The number of rotatable bonds is 2. The van der Waals surface area contributed by atoms with Crippen LogP contribution in [-0.2, 0) is 0 Å². The average Bonchev–Trinajstić information content (AvgIpc) is 2.87. The topological polar surface area (TPSA) is 138 Å². The number of aromatic amines is 1. The van der Waals surface area contributed by atoms with Crippen LogP contribution < -0.4 is 15.2 Å². The number of carbonyl (C=O) groups excluding carboxylic acids is 2. The van der Waals surface area contributed by atoms with Crippen molar-refractivity contribution in [2.45, 2.75) is 0 Å². The molecule has 1 aromatic heterocycles. The summed E-state index contributed by atoms with van der Waals surface area (Å²) in [7, 11) is 0. The minimum atomic E-state index is -1.40. The molecule has 0 saturated heterocycles. The van der Waals surface area contributed by atoms with Crippen molar-refractivity contribution >= 4 is 49.7 Å². The minimum absolute atomic E-state index is 0. The predicted molar refractivity (Wildman–Crippen MR) is 58.1 cm³/mol. The molecule has 0 radical (unpaired) electrons. The summed E-state index contributed by atoms with van der Waals surface area (Å²) in [6, 6.07) is 4.81. The summed E-state index contributed by atoms with van der Waals surface area (Å²) < 4.78 is 4.53. The van der Waals surface area contributed by atoms with Crippen molar-refractivity contribution in [1.29, 1.82) is 0 Å². The summed E-state index contributed by atoms with van der Waals surface area (Å²) in [6.45, 7) is 0. The van der Waals surface area contributed by atoms with Crippen molar-refractivity contribution < 1.29 is 34.7 Å². The summed E-state index contributed by atoms with van der Waals surface area (Å²) in [5, 5.41) is 20.5. The van der Waals surface area contributed by atoms with Gasteiger partial charge < -0.3 is 29.7 Å². The van der Waals surface area contributed by atoms with Crippen molar-refractivity contribution in [2.24, 2.45) is 0 Å². The van der Waals surface area contributed by atoms with Gasteiger partial charge in [0, 0.05) is 0 Å². The SMILES string of the molecule is O=C([O-])c1cccc(C(=O)[O-])c1.[Ca+2].[OH-].c1coc[nH+]1. The van der Waals surface area contributed by atoms with Gasteiger partial charge in [-0.1, -0.05) is 18.2 Å². The Labute approximate surface area is 138 Å². The van der Waals surface area contributed by atoms with E-state index in [0.717, 1.165) is 6.07 Å². The quantitative estimate of drug-likeness (QED) is 0.584. The molecular weight excluding hydrogens is 282 g/mol. The van der Waals surface area contributed by atoms with Crippen molar-refractivity contribution in [3.8, 4) is 0 Å². The average molecular weight is 291 g/mol. The monoisotopic (exact) mass is 291 g/mol. The smallest absolute Gasteiger partial charge is 0.870 e. The molecule has 0 saturated carbocycles. The number of hydrogen-bond acceptors (Lipinski definition) is 6. The number of carbonyl (C=O) groups is 2. The molecule has 2 N–H and O–H groups in total. The first kappa shape index (κ1) is 19.9. The fraction of sp³-hybridized carbons (Fsp3) is 0. The molecule has 0 spiro atoms. The van der Waals surface area contributed by atoms with E-state index in [4.69, 9.17) is 0 Å². The van der Waals surface area contributed by atoms with Crippen LogP contribution >= 0.6 is 0 Å². The van der Waals surface area contributed by atoms with Crippen LogP contribution in [0.25, 0.3) is 0 Å². The largest absolute Gasteiger partial charge is 2.00 e. The molecule has 96 valence electrons. The van der Waals surface area contributed by atoms with Crippen LogP contribution in [0.5, 0.6) is 0 Å². The fourth-order valence-corrected chi connectivity index (χ4v) is 0.970. The number of oxazole rings is 1. The van der Waals surface area contributed by atoms with E-state index < -0.39 is 11.9 Å². The summed E-state index contributed by atoms with van der Waals surface area (Å²) in [5.74, 6) is -2.81. The minimum Gasteiger partial charge on any atom is -0.870 e. The van der Waals surface area contributed by atoms with Crippen molar-refractivity contribution in [3.05, 3.63) is 54.2 Å². The Bertz CT molecular complexity index is 453. The molecule has 0 unspecified atom stereocenters. The molecule has 1 heterocycles. The number of nitrogens with one attached hydrogen (secondary N) is 1. The first-order valence-corrected chi connectivity index (χ1v) is 4.52. The molecule has 0 aliphatic rings. The Morgan fingerprint density at radius 3 is 1.89 bits per heavy atom. The number of aromatic carboxylic acids is 2. The van der Waals surface area contributed by atoms with Gasteiger partial charge in [0.1, 0.15) is 0 Å². The van der Waals surface area contributed by atoms with Gasteiger partial charge in [0.15, 0.2) is 6.26 Å². The molecule has 19 heavy (non-hydrogen) atoms. The molecule has 8 heteroatoms. The van der Waals surface area contributed by atoms with Crippen LogP contribution in [0, 0.1) is 0 Å². The van der Waals surface area contributed by atoms with Gasteiger partial charge in [-0.15, -0.1) is 0 Å². The van der Waals surface area contributed by atoms with Crippen LogP contribution in [0.2, 0.25) is 0 Å². The second kappa shape index (κ2) is 10.5. The van der Waals surface area contributed by atoms with Crippen molar-refractivity contribution in [2.75, 3.05) is 0 Å².